The van der Waals surface area contributed by atoms with E-state index in [1.807, 2.05) is 5.92 Å². The molecule has 0 fully saturated rings. The summed E-state index contributed by atoms with van der Waals surface area (Å²) in [6.07, 6.45) is 2.44. The zero-order valence-corrected chi connectivity index (χ0v) is 9.78. The molecule has 2 rings (SSSR count). The number of rotatable bonds is 2. The number of furan rings is 1. The lowest BCUT2D eigenvalue weighted by atomic mass is 10.1. The number of carboxylic acid groups (broad SMARTS) is 1. The topological polar surface area (TPSA) is 50.4 Å². The van der Waals surface area contributed by atoms with Crippen LogP contribution in [0.1, 0.15) is 21.7 Å². The number of aromatic carboxylic acids is 1. The zero-order valence-electron chi connectivity index (χ0n) is 9.78. The van der Waals surface area contributed by atoms with E-state index in [4.69, 9.17) is 15.9 Å². The molecule has 0 saturated carbocycles. The van der Waals surface area contributed by atoms with Crippen LogP contribution in [0.25, 0.3) is 11.3 Å². The van der Waals surface area contributed by atoms with Crippen molar-refractivity contribution < 1.29 is 27.5 Å². The molecule has 0 amide bonds. The van der Waals surface area contributed by atoms with Crippen molar-refractivity contribution in [2.45, 2.75) is 6.18 Å². The standard InChI is InChI=1S/C14H6F3O3/c1-2-8-7-11(20-12(8)13(18)19)9-4-3-5-10(6-9)14(15,16)17/h3-7H,(H,18,19). The van der Waals surface area contributed by atoms with E-state index in [2.05, 4.69) is 0 Å². The number of halogens is 3. The predicted octanol–water partition coefficient (Wildman–Crippen LogP) is 3.60. The average molecular weight is 279 g/mol. The maximum Gasteiger partial charge on any atom is 0.416 e. The number of alkyl halides is 3. The normalized spacial score (nSPS) is 11.1. The highest BCUT2D eigenvalue weighted by molar-refractivity contribution is 5.88. The van der Waals surface area contributed by atoms with Crippen LogP contribution in [0.5, 0.6) is 0 Å². The van der Waals surface area contributed by atoms with Crippen LogP contribution in [-0.4, -0.2) is 11.1 Å². The minimum absolute atomic E-state index is 0.0664. The molecule has 1 N–H and O–H groups in total. The van der Waals surface area contributed by atoms with E-state index >= 15 is 0 Å². The lowest BCUT2D eigenvalue weighted by Gasteiger charge is -2.07. The second-order valence-electron chi connectivity index (χ2n) is 3.86. The van der Waals surface area contributed by atoms with E-state index < -0.39 is 23.5 Å². The van der Waals surface area contributed by atoms with Gasteiger partial charge in [0.05, 0.1) is 11.1 Å². The summed E-state index contributed by atoms with van der Waals surface area (Å²) < 4.78 is 42.8. The summed E-state index contributed by atoms with van der Waals surface area (Å²) in [6.45, 7) is 0. The third-order valence-corrected chi connectivity index (χ3v) is 2.54. The van der Waals surface area contributed by atoms with E-state index in [1.54, 1.807) is 0 Å². The van der Waals surface area contributed by atoms with Crippen LogP contribution >= 0.6 is 0 Å². The Hall–Kier alpha value is -2.68. The van der Waals surface area contributed by atoms with Crippen LogP contribution in [0.15, 0.2) is 34.7 Å². The van der Waals surface area contributed by atoms with E-state index in [1.165, 1.54) is 12.1 Å². The first-order valence-corrected chi connectivity index (χ1v) is 5.30. The molecule has 101 valence electrons. The van der Waals surface area contributed by atoms with Crippen LogP contribution in [0.3, 0.4) is 0 Å². The molecular formula is C14H6F3O3. The molecule has 0 atom stereocenters. The molecule has 1 aromatic carbocycles. The van der Waals surface area contributed by atoms with Crippen molar-refractivity contribution in [1.29, 1.82) is 0 Å². The van der Waals surface area contributed by atoms with Gasteiger partial charge in [-0.2, -0.15) is 13.2 Å². The first-order valence-electron chi connectivity index (χ1n) is 5.30. The van der Waals surface area contributed by atoms with Crippen molar-refractivity contribution in [3.05, 3.63) is 53.6 Å². The first-order chi connectivity index (χ1) is 9.32. The lowest BCUT2D eigenvalue weighted by molar-refractivity contribution is -0.137. The quantitative estimate of drug-likeness (QED) is 0.854. The number of carbonyl (C=O) groups is 1. The maximum atomic E-state index is 12.6. The molecule has 0 saturated heterocycles. The van der Waals surface area contributed by atoms with Gasteiger partial charge in [-0.1, -0.05) is 12.1 Å². The molecule has 1 radical (unpaired) electrons. The van der Waals surface area contributed by atoms with Gasteiger partial charge in [-0.05, 0) is 24.5 Å². The first kappa shape index (κ1) is 13.7. The number of carboxylic acids is 1. The fourth-order valence-corrected chi connectivity index (χ4v) is 1.63. The molecule has 0 spiro atoms. The summed E-state index contributed by atoms with van der Waals surface area (Å²) in [5, 5.41) is 8.84. The van der Waals surface area contributed by atoms with Gasteiger partial charge in [0.1, 0.15) is 5.76 Å². The molecule has 1 heterocycles. The molecule has 0 aliphatic heterocycles. The summed E-state index contributed by atoms with van der Waals surface area (Å²) in [7, 11) is 0. The Bertz CT molecular complexity index is 705. The molecule has 0 aliphatic rings. The van der Waals surface area contributed by atoms with E-state index in [-0.39, 0.29) is 16.9 Å². The average Bonchev–Trinajstić information content (AvgIpc) is 2.82. The van der Waals surface area contributed by atoms with Gasteiger partial charge in [0.25, 0.3) is 0 Å². The monoisotopic (exact) mass is 279 g/mol. The second kappa shape index (κ2) is 4.78. The molecule has 2 aromatic rings. The minimum Gasteiger partial charge on any atom is -0.475 e. The Labute approximate surface area is 111 Å². The molecular weight excluding hydrogens is 273 g/mol. The van der Waals surface area contributed by atoms with Crippen molar-refractivity contribution in [3.63, 3.8) is 0 Å². The summed E-state index contributed by atoms with van der Waals surface area (Å²) in [4.78, 5) is 10.9. The lowest BCUT2D eigenvalue weighted by Crippen LogP contribution is -2.04. The Morgan fingerprint density at radius 2 is 2.00 bits per heavy atom. The molecule has 0 bridgehead atoms. The number of benzene rings is 1. The van der Waals surface area contributed by atoms with Gasteiger partial charge >= 0.3 is 12.1 Å². The van der Waals surface area contributed by atoms with E-state index in [9.17, 15) is 18.0 Å². The van der Waals surface area contributed by atoms with Crippen molar-refractivity contribution in [3.8, 4) is 17.2 Å². The van der Waals surface area contributed by atoms with E-state index in [0.717, 1.165) is 18.2 Å². The summed E-state index contributed by atoms with van der Waals surface area (Å²) in [5.74, 6) is -0.155. The molecule has 20 heavy (non-hydrogen) atoms. The Morgan fingerprint density at radius 1 is 1.30 bits per heavy atom. The van der Waals surface area contributed by atoms with Crippen LogP contribution in [-0.2, 0) is 6.18 Å². The molecule has 6 heteroatoms. The molecule has 1 aromatic heterocycles. The third-order valence-electron chi connectivity index (χ3n) is 2.54. The van der Waals surface area contributed by atoms with Gasteiger partial charge in [0.15, 0.2) is 0 Å². The maximum absolute atomic E-state index is 12.6. The Morgan fingerprint density at radius 3 is 2.50 bits per heavy atom. The highest BCUT2D eigenvalue weighted by Crippen LogP contribution is 2.33. The van der Waals surface area contributed by atoms with Crippen LogP contribution < -0.4 is 0 Å². The van der Waals surface area contributed by atoms with Gasteiger partial charge in [0.2, 0.25) is 5.76 Å². The number of hydrogen-bond donors (Lipinski definition) is 1. The Kier molecular flexibility index (Phi) is 3.28. The van der Waals surface area contributed by atoms with Crippen LogP contribution in [0.4, 0.5) is 13.2 Å². The van der Waals surface area contributed by atoms with Crippen LogP contribution in [0, 0.1) is 12.3 Å². The summed E-state index contributed by atoms with van der Waals surface area (Å²) >= 11 is 0. The number of hydrogen-bond acceptors (Lipinski definition) is 2. The highest BCUT2D eigenvalue weighted by atomic mass is 19.4. The van der Waals surface area contributed by atoms with E-state index in [0.29, 0.717) is 0 Å². The molecule has 3 nitrogen and oxygen atoms in total. The molecule has 0 unspecified atom stereocenters. The summed E-state index contributed by atoms with van der Waals surface area (Å²) in [6, 6.07) is 5.45. The van der Waals surface area contributed by atoms with Gasteiger partial charge in [0, 0.05) is 11.6 Å². The third kappa shape index (κ3) is 2.52. The van der Waals surface area contributed by atoms with Crippen molar-refractivity contribution in [1.82, 2.24) is 0 Å². The van der Waals surface area contributed by atoms with Gasteiger partial charge < -0.3 is 9.52 Å². The van der Waals surface area contributed by atoms with Crippen molar-refractivity contribution in [2.75, 3.05) is 0 Å². The largest absolute Gasteiger partial charge is 0.475 e. The van der Waals surface area contributed by atoms with Gasteiger partial charge in [-0.25, -0.2) is 4.79 Å². The SMILES string of the molecule is [C]#Cc1cc(-c2cccc(C(F)(F)F)c2)oc1C(=O)O. The minimum atomic E-state index is -4.51. The fourth-order valence-electron chi connectivity index (χ4n) is 1.63. The second-order valence-corrected chi connectivity index (χ2v) is 3.86. The van der Waals surface area contributed by atoms with Crippen molar-refractivity contribution >= 4 is 5.97 Å². The Balaban J connectivity index is 2.53. The van der Waals surface area contributed by atoms with Gasteiger partial charge in [-0.3, -0.25) is 0 Å². The van der Waals surface area contributed by atoms with Crippen molar-refractivity contribution in [2.24, 2.45) is 0 Å². The fraction of sp³-hybridized carbons (Fsp3) is 0.0714. The zero-order chi connectivity index (χ0) is 14.9. The smallest absolute Gasteiger partial charge is 0.416 e. The predicted molar refractivity (Wildman–Crippen MR) is 62.3 cm³/mol. The molecule has 0 aliphatic carbocycles. The van der Waals surface area contributed by atoms with Gasteiger partial charge in [-0.15, -0.1) is 0 Å². The summed E-state index contributed by atoms with van der Waals surface area (Å²) in [5.41, 5.74) is -0.933. The highest BCUT2D eigenvalue weighted by Gasteiger charge is 2.30. The van der Waals surface area contributed by atoms with Crippen LogP contribution in [0.2, 0.25) is 0 Å².